The fourth-order valence-electron chi connectivity index (χ4n) is 2.70. The second kappa shape index (κ2) is 7.08. The summed E-state index contributed by atoms with van der Waals surface area (Å²) in [6, 6.07) is 7.54. The van der Waals surface area contributed by atoms with Crippen molar-refractivity contribution in [2.24, 2.45) is 0 Å². The molecule has 1 aromatic heterocycles. The highest BCUT2D eigenvalue weighted by atomic mass is 32.1. The number of nitrogens with one attached hydrogen (secondary N) is 3. The summed E-state index contributed by atoms with van der Waals surface area (Å²) in [4.78, 5) is 29.2. The highest BCUT2D eigenvalue weighted by Gasteiger charge is 2.16. The Morgan fingerprint density at radius 1 is 1.26 bits per heavy atom. The molecule has 0 atom stereocenters. The summed E-state index contributed by atoms with van der Waals surface area (Å²) in [6.45, 7) is 6.23. The van der Waals surface area contributed by atoms with Crippen LogP contribution in [0.1, 0.15) is 11.8 Å². The van der Waals surface area contributed by atoms with E-state index in [9.17, 15) is 9.59 Å². The molecule has 1 aliphatic heterocycles. The second-order valence-corrected chi connectivity index (χ2v) is 6.67. The first-order valence-electron chi connectivity index (χ1n) is 7.65. The molecule has 1 amide bonds. The zero-order chi connectivity index (χ0) is 16.2. The van der Waals surface area contributed by atoms with Crippen LogP contribution >= 0.6 is 11.3 Å². The van der Waals surface area contributed by atoms with Gasteiger partial charge < -0.3 is 15.6 Å². The van der Waals surface area contributed by atoms with Gasteiger partial charge in [0.1, 0.15) is 0 Å². The molecule has 6 nitrogen and oxygen atoms in total. The number of anilines is 1. The van der Waals surface area contributed by atoms with Crippen molar-refractivity contribution in [3.8, 4) is 11.3 Å². The Bertz CT molecular complexity index is 729. The lowest BCUT2D eigenvalue weighted by Gasteiger charge is -2.26. The van der Waals surface area contributed by atoms with Crippen molar-refractivity contribution >= 4 is 22.9 Å². The lowest BCUT2D eigenvalue weighted by atomic mass is 10.1. The molecule has 0 unspecified atom stereocenters. The summed E-state index contributed by atoms with van der Waals surface area (Å²) in [5.41, 5.74) is 2.60. The van der Waals surface area contributed by atoms with Gasteiger partial charge in [-0.05, 0) is 17.7 Å². The molecule has 1 fully saturated rings. The molecule has 1 aromatic carbocycles. The summed E-state index contributed by atoms with van der Waals surface area (Å²) < 4.78 is 0. The summed E-state index contributed by atoms with van der Waals surface area (Å²) in [7, 11) is 0. The Kier molecular flexibility index (Phi) is 4.90. The van der Waals surface area contributed by atoms with Crippen LogP contribution in [-0.2, 0) is 11.3 Å². The Morgan fingerprint density at radius 2 is 1.96 bits per heavy atom. The van der Waals surface area contributed by atoms with E-state index in [0.717, 1.165) is 54.5 Å². The van der Waals surface area contributed by atoms with Crippen molar-refractivity contribution in [3.63, 3.8) is 0 Å². The van der Waals surface area contributed by atoms with Crippen LogP contribution < -0.4 is 15.5 Å². The van der Waals surface area contributed by atoms with Gasteiger partial charge in [-0.2, -0.15) is 0 Å². The average molecular weight is 332 g/mol. The van der Waals surface area contributed by atoms with Crippen molar-refractivity contribution in [2.75, 3.05) is 31.5 Å². The normalized spacial score (nSPS) is 15.5. The molecule has 7 heteroatoms. The fourth-order valence-corrected chi connectivity index (χ4v) is 3.60. The van der Waals surface area contributed by atoms with Gasteiger partial charge in [0.05, 0.1) is 5.69 Å². The van der Waals surface area contributed by atoms with Crippen LogP contribution in [-0.4, -0.2) is 42.0 Å². The maximum atomic E-state index is 11.8. The van der Waals surface area contributed by atoms with Gasteiger partial charge in [-0.1, -0.05) is 23.5 Å². The number of benzene rings is 1. The highest BCUT2D eigenvalue weighted by Crippen LogP contribution is 2.26. The maximum Gasteiger partial charge on any atom is 0.305 e. The molecule has 3 N–H and O–H groups in total. The number of piperazine rings is 1. The van der Waals surface area contributed by atoms with Gasteiger partial charge in [0.25, 0.3) is 0 Å². The molecule has 3 rings (SSSR count). The monoisotopic (exact) mass is 332 g/mol. The second-order valence-electron chi connectivity index (χ2n) is 5.60. The maximum absolute atomic E-state index is 11.8. The van der Waals surface area contributed by atoms with Crippen LogP contribution in [0.3, 0.4) is 0 Å². The van der Waals surface area contributed by atoms with E-state index in [2.05, 4.69) is 20.5 Å². The van der Waals surface area contributed by atoms with E-state index in [1.54, 1.807) is 0 Å². The molecule has 0 bridgehead atoms. The van der Waals surface area contributed by atoms with E-state index in [0.29, 0.717) is 0 Å². The van der Waals surface area contributed by atoms with E-state index in [1.807, 2.05) is 24.3 Å². The number of rotatable bonds is 4. The standard InChI is InChI=1S/C16H20N4O2S/c1-11(21)18-13-4-2-12(3-5-13)15-14(23-16(22)19-15)10-20-8-6-17-7-9-20/h2-5,17H,6-10H2,1H3,(H,18,21)(H,19,22). The third-order valence-corrected chi connectivity index (χ3v) is 4.66. The highest BCUT2D eigenvalue weighted by molar-refractivity contribution is 7.09. The van der Waals surface area contributed by atoms with Crippen LogP contribution in [0.4, 0.5) is 5.69 Å². The van der Waals surface area contributed by atoms with E-state index in [1.165, 1.54) is 18.3 Å². The molecular formula is C16H20N4O2S. The molecule has 2 heterocycles. The molecular weight excluding hydrogens is 312 g/mol. The minimum Gasteiger partial charge on any atom is -0.326 e. The SMILES string of the molecule is CC(=O)Nc1ccc(-c2[nH]c(=O)sc2CN2CCNCC2)cc1. The quantitative estimate of drug-likeness (QED) is 0.792. The third-order valence-electron chi connectivity index (χ3n) is 3.79. The minimum atomic E-state index is -0.0962. The number of carbonyl (C=O) groups excluding carboxylic acids is 1. The number of carbonyl (C=O) groups is 1. The largest absolute Gasteiger partial charge is 0.326 e. The zero-order valence-corrected chi connectivity index (χ0v) is 13.8. The number of nitrogens with zero attached hydrogens (tertiary/aromatic N) is 1. The Morgan fingerprint density at radius 3 is 2.61 bits per heavy atom. The summed E-state index contributed by atoms with van der Waals surface area (Å²) >= 11 is 1.27. The molecule has 0 aliphatic carbocycles. The summed E-state index contributed by atoms with van der Waals surface area (Å²) in [5, 5.41) is 6.08. The van der Waals surface area contributed by atoms with E-state index in [4.69, 9.17) is 0 Å². The van der Waals surface area contributed by atoms with Crippen LogP contribution in [0, 0.1) is 0 Å². The van der Waals surface area contributed by atoms with E-state index < -0.39 is 0 Å². The van der Waals surface area contributed by atoms with Crippen molar-refractivity contribution < 1.29 is 4.79 Å². The minimum absolute atomic E-state index is 0.0314. The third kappa shape index (κ3) is 4.07. The van der Waals surface area contributed by atoms with Crippen LogP contribution in [0.25, 0.3) is 11.3 Å². The number of thiazole rings is 1. The number of hydrogen-bond acceptors (Lipinski definition) is 5. The van der Waals surface area contributed by atoms with Gasteiger partial charge in [-0.15, -0.1) is 0 Å². The van der Waals surface area contributed by atoms with Gasteiger partial charge in [-0.3, -0.25) is 14.5 Å². The van der Waals surface area contributed by atoms with Gasteiger partial charge in [0.15, 0.2) is 0 Å². The van der Waals surface area contributed by atoms with Crippen LogP contribution in [0.2, 0.25) is 0 Å². The van der Waals surface area contributed by atoms with Crippen molar-refractivity contribution in [1.29, 1.82) is 0 Å². The lowest BCUT2D eigenvalue weighted by molar-refractivity contribution is -0.114. The Labute approximate surface area is 138 Å². The predicted molar refractivity (Wildman–Crippen MR) is 92.8 cm³/mol. The Balaban J connectivity index is 1.81. The molecule has 0 saturated carbocycles. The molecule has 122 valence electrons. The molecule has 0 spiro atoms. The van der Waals surface area contributed by atoms with Gasteiger partial charge in [-0.25, -0.2) is 0 Å². The summed E-state index contributed by atoms with van der Waals surface area (Å²) in [5.74, 6) is -0.0962. The first kappa shape index (κ1) is 15.9. The predicted octanol–water partition coefficient (Wildman–Crippen LogP) is 1.47. The van der Waals surface area contributed by atoms with Crippen LogP contribution in [0.15, 0.2) is 29.1 Å². The van der Waals surface area contributed by atoms with Crippen molar-refractivity contribution in [2.45, 2.75) is 13.5 Å². The van der Waals surface area contributed by atoms with Gasteiger partial charge in [0.2, 0.25) is 5.91 Å². The first-order chi connectivity index (χ1) is 11.1. The number of hydrogen-bond donors (Lipinski definition) is 3. The number of aromatic amines is 1. The topological polar surface area (TPSA) is 77.2 Å². The smallest absolute Gasteiger partial charge is 0.305 e. The van der Waals surface area contributed by atoms with E-state index >= 15 is 0 Å². The molecule has 1 aliphatic rings. The van der Waals surface area contributed by atoms with E-state index in [-0.39, 0.29) is 10.8 Å². The number of H-pyrrole nitrogens is 1. The molecule has 2 aromatic rings. The lowest BCUT2D eigenvalue weighted by Crippen LogP contribution is -2.42. The summed E-state index contributed by atoms with van der Waals surface area (Å²) in [6.07, 6.45) is 0. The van der Waals surface area contributed by atoms with Crippen molar-refractivity contribution in [3.05, 3.63) is 38.8 Å². The number of aromatic nitrogens is 1. The average Bonchev–Trinajstić information content (AvgIpc) is 2.89. The van der Waals surface area contributed by atoms with Gasteiger partial charge >= 0.3 is 4.87 Å². The molecule has 23 heavy (non-hydrogen) atoms. The number of amides is 1. The molecule has 1 saturated heterocycles. The fraction of sp³-hybridized carbons (Fsp3) is 0.375. The first-order valence-corrected chi connectivity index (χ1v) is 8.46. The van der Waals surface area contributed by atoms with Crippen molar-refractivity contribution in [1.82, 2.24) is 15.2 Å². The van der Waals surface area contributed by atoms with Crippen LogP contribution in [0.5, 0.6) is 0 Å². The molecule has 0 radical (unpaired) electrons. The van der Waals surface area contributed by atoms with Gasteiger partial charge in [0, 0.05) is 50.2 Å². The zero-order valence-electron chi connectivity index (χ0n) is 13.0. The Hall–Kier alpha value is -1.96.